The third kappa shape index (κ3) is 6.29. The van der Waals surface area contributed by atoms with E-state index in [0.29, 0.717) is 10.6 Å². The van der Waals surface area contributed by atoms with Crippen LogP contribution in [0.3, 0.4) is 0 Å². The third-order valence-corrected chi connectivity index (χ3v) is 5.99. The van der Waals surface area contributed by atoms with Crippen molar-refractivity contribution in [3.05, 3.63) is 94.8 Å². The van der Waals surface area contributed by atoms with Gasteiger partial charge in [-0.05, 0) is 54.1 Å². The molecule has 0 aliphatic heterocycles. The lowest BCUT2D eigenvalue weighted by molar-refractivity contribution is -0.124. The van der Waals surface area contributed by atoms with Crippen molar-refractivity contribution in [1.82, 2.24) is 5.32 Å². The van der Waals surface area contributed by atoms with E-state index in [2.05, 4.69) is 10.0 Å². The lowest BCUT2D eigenvalue weighted by atomic mass is 10.2. The predicted octanol–water partition coefficient (Wildman–Crippen LogP) is 3.75. The molecule has 0 saturated carbocycles. The average molecular weight is 477 g/mol. The fourth-order valence-electron chi connectivity index (χ4n) is 2.62. The van der Waals surface area contributed by atoms with E-state index in [1.54, 1.807) is 24.3 Å². The van der Waals surface area contributed by atoms with Crippen LogP contribution >= 0.6 is 11.6 Å². The smallest absolute Gasteiger partial charge is 0.338 e. The maximum absolute atomic E-state index is 13.0. The Morgan fingerprint density at radius 2 is 1.69 bits per heavy atom. The minimum Gasteiger partial charge on any atom is -0.452 e. The molecule has 1 amide bonds. The van der Waals surface area contributed by atoms with Crippen LogP contribution in [0.2, 0.25) is 5.02 Å². The number of hydrogen-bond acceptors (Lipinski definition) is 5. The Balaban J connectivity index is 1.59. The topological polar surface area (TPSA) is 102 Å². The van der Waals surface area contributed by atoms with Crippen LogP contribution in [0.1, 0.15) is 15.9 Å². The van der Waals surface area contributed by atoms with E-state index in [0.717, 1.165) is 18.2 Å². The molecule has 0 aromatic heterocycles. The van der Waals surface area contributed by atoms with E-state index in [4.69, 9.17) is 16.3 Å². The maximum Gasteiger partial charge on any atom is 0.338 e. The van der Waals surface area contributed by atoms with Gasteiger partial charge in [-0.1, -0.05) is 35.9 Å². The van der Waals surface area contributed by atoms with Gasteiger partial charge in [-0.15, -0.1) is 0 Å². The highest BCUT2D eigenvalue weighted by Crippen LogP contribution is 2.18. The number of sulfonamides is 1. The van der Waals surface area contributed by atoms with E-state index in [1.807, 2.05) is 0 Å². The van der Waals surface area contributed by atoms with Crippen LogP contribution in [0.5, 0.6) is 0 Å². The van der Waals surface area contributed by atoms with Crippen molar-refractivity contribution in [3.8, 4) is 0 Å². The second-order valence-corrected chi connectivity index (χ2v) is 8.67. The number of carbonyl (C=O) groups excluding carboxylic acids is 2. The number of hydrogen-bond donors (Lipinski definition) is 2. The molecule has 0 unspecified atom stereocenters. The van der Waals surface area contributed by atoms with Gasteiger partial charge in [-0.2, -0.15) is 0 Å². The Morgan fingerprint density at radius 1 is 0.969 bits per heavy atom. The zero-order valence-electron chi connectivity index (χ0n) is 16.5. The normalized spacial score (nSPS) is 10.9. The highest BCUT2D eigenvalue weighted by Gasteiger charge is 2.18. The summed E-state index contributed by atoms with van der Waals surface area (Å²) in [4.78, 5) is 24.0. The molecule has 0 fully saturated rings. The Morgan fingerprint density at radius 3 is 2.41 bits per heavy atom. The summed E-state index contributed by atoms with van der Waals surface area (Å²) in [6.07, 6.45) is 0. The summed E-state index contributed by atoms with van der Waals surface area (Å²) in [5.74, 6) is -1.91. The summed E-state index contributed by atoms with van der Waals surface area (Å²) in [6, 6.07) is 16.9. The second kappa shape index (κ2) is 10.3. The van der Waals surface area contributed by atoms with Crippen molar-refractivity contribution >= 4 is 39.2 Å². The van der Waals surface area contributed by atoms with Crippen molar-refractivity contribution in [2.24, 2.45) is 0 Å². The molecule has 0 spiro atoms. The Labute approximate surface area is 189 Å². The van der Waals surface area contributed by atoms with Crippen LogP contribution in [0.4, 0.5) is 10.1 Å². The van der Waals surface area contributed by atoms with E-state index in [1.165, 1.54) is 30.3 Å². The molecule has 2 N–H and O–H groups in total. The highest BCUT2D eigenvalue weighted by molar-refractivity contribution is 7.92. The minimum atomic E-state index is -4.03. The zero-order valence-corrected chi connectivity index (χ0v) is 18.1. The van der Waals surface area contributed by atoms with Crippen LogP contribution in [0, 0.1) is 5.82 Å². The van der Waals surface area contributed by atoms with E-state index in [-0.39, 0.29) is 22.7 Å². The number of rotatable bonds is 8. The summed E-state index contributed by atoms with van der Waals surface area (Å²) < 4.78 is 45.3. The fraction of sp³-hybridized carbons (Fsp3) is 0.0909. The van der Waals surface area contributed by atoms with Crippen LogP contribution in [0.25, 0.3) is 0 Å². The molecule has 0 bridgehead atoms. The molecule has 0 heterocycles. The number of benzene rings is 3. The van der Waals surface area contributed by atoms with Crippen molar-refractivity contribution in [3.63, 3.8) is 0 Å². The van der Waals surface area contributed by atoms with Gasteiger partial charge in [0.05, 0.1) is 10.5 Å². The van der Waals surface area contributed by atoms with Crippen LogP contribution < -0.4 is 10.0 Å². The molecule has 10 heteroatoms. The molecule has 32 heavy (non-hydrogen) atoms. The molecular weight excluding hydrogens is 459 g/mol. The van der Waals surface area contributed by atoms with Crippen molar-refractivity contribution in [2.45, 2.75) is 11.4 Å². The van der Waals surface area contributed by atoms with E-state index in [9.17, 15) is 22.4 Å². The number of anilines is 1. The third-order valence-electron chi connectivity index (χ3n) is 4.24. The van der Waals surface area contributed by atoms with Crippen LogP contribution in [-0.4, -0.2) is 26.9 Å². The largest absolute Gasteiger partial charge is 0.452 e. The molecule has 166 valence electrons. The monoisotopic (exact) mass is 476 g/mol. The van der Waals surface area contributed by atoms with Gasteiger partial charge in [-0.25, -0.2) is 17.6 Å². The molecule has 0 radical (unpaired) electrons. The molecule has 3 rings (SSSR count). The summed E-state index contributed by atoms with van der Waals surface area (Å²) in [7, 11) is -4.03. The first-order valence-electron chi connectivity index (χ1n) is 9.30. The number of carbonyl (C=O) groups is 2. The molecule has 0 atom stereocenters. The van der Waals surface area contributed by atoms with Gasteiger partial charge in [0.2, 0.25) is 0 Å². The van der Waals surface area contributed by atoms with Gasteiger partial charge < -0.3 is 10.1 Å². The first-order valence-corrected chi connectivity index (χ1v) is 11.2. The minimum absolute atomic E-state index is 0.0501. The summed E-state index contributed by atoms with van der Waals surface area (Å²) >= 11 is 6.02. The Bertz CT molecular complexity index is 1230. The maximum atomic E-state index is 13.0. The first kappa shape index (κ1) is 23.2. The van der Waals surface area contributed by atoms with Gasteiger partial charge >= 0.3 is 5.97 Å². The first-order chi connectivity index (χ1) is 15.2. The average Bonchev–Trinajstić information content (AvgIpc) is 2.78. The SMILES string of the molecule is O=C(COC(=O)c1cccc(S(=O)(=O)Nc2ccc(F)cc2)c1)NCc1ccccc1Cl. The number of nitrogens with one attached hydrogen (secondary N) is 2. The quantitative estimate of drug-likeness (QED) is 0.482. The zero-order chi connectivity index (χ0) is 23.1. The van der Waals surface area contributed by atoms with E-state index >= 15 is 0 Å². The van der Waals surface area contributed by atoms with Crippen molar-refractivity contribution in [1.29, 1.82) is 0 Å². The summed E-state index contributed by atoms with van der Waals surface area (Å²) in [6.45, 7) is -0.382. The molecule has 3 aromatic carbocycles. The number of ether oxygens (including phenoxy) is 1. The van der Waals surface area contributed by atoms with Crippen molar-refractivity contribution in [2.75, 3.05) is 11.3 Å². The summed E-state index contributed by atoms with van der Waals surface area (Å²) in [5.41, 5.74) is 0.820. The van der Waals surface area contributed by atoms with Gasteiger partial charge in [-0.3, -0.25) is 9.52 Å². The lowest BCUT2D eigenvalue weighted by Gasteiger charge is -2.10. The van der Waals surface area contributed by atoms with Gasteiger partial charge in [0.25, 0.3) is 15.9 Å². The molecule has 7 nitrogen and oxygen atoms in total. The van der Waals surface area contributed by atoms with Crippen molar-refractivity contribution < 1.29 is 27.1 Å². The summed E-state index contributed by atoms with van der Waals surface area (Å²) in [5, 5.41) is 3.08. The number of amides is 1. The van der Waals surface area contributed by atoms with Gasteiger partial charge in [0.1, 0.15) is 5.82 Å². The second-order valence-electron chi connectivity index (χ2n) is 6.58. The van der Waals surface area contributed by atoms with Gasteiger partial charge in [0.15, 0.2) is 6.61 Å². The van der Waals surface area contributed by atoms with Gasteiger partial charge in [0, 0.05) is 17.3 Å². The molecule has 3 aromatic rings. The number of esters is 1. The Kier molecular flexibility index (Phi) is 7.45. The fourth-order valence-corrected chi connectivity index (χ4v) is 3.93. The molecular formula is C22H18ClFN2O5S. The molecule has 0 aliphatic rings. The highest BCUT2D eigenvalue weighted by atomic mass is 35.5. The molecule has 0 aliphatic carbocycles. The lowest BCUT2D eigenvalue weighted by Crippen LogP contribution is -2.28. The van der Waals surface area contributed by atoms with Crippen LogP contribution in [-0.2, 0) is 26.1 Å². The Hall–Kier alpha value is -3.43. The molecule has 0 saturated heterocycles. The van der Waals surface area contributed by atoms with E-state index < -0.39 is 34.3 Å². The number of halogens is 2. The standard InChI is InChI=1S/C22H18ClFN2O5S/c23-20-7-2-1-4-16(20)13-25-21(27)14-31-22(28)15-5-3-6-19(12-15)32(29,30)26-18-10-8-17(24)9-11-18/h1-12,26H,13-14H2,(H,25,27). The van der Waals surface area contributed by atoms with Crippen LogP contribution in [0.15, 0.2) is 77.7 Å². The predicted molar refractivity (Wildman–Crippen MR) is 117 cm³/mol.